The molecule has 1 heterocycles. The molecular weight excluding hydrogens is 280 g/mol. The van der Waals surface area contributed by atoms with Crippen LogP contribution in [0.25, 0.3) is 0 Å². The molecule has 0 N–H and O–H groups in total. The van der Waals surface area contributed by atoms with Crippen LogP contribution in [0.4, 0.5) is 0 Å². The minimum Gasteiger partial charge on any atom is -0.330 e. The first kappa shape index (κ1) is 12.7. The van der Waals surface area contributed by atoms with E-state index in [9.17, 15) is 8.42 Å². The summed E-state index contributed by atoms with van der Waals surface area (Å²) in [6, 6.07) is 0.214. The summed E-state index contributed by atoms with van der Waals surface area (Å²) in [5.41, 5.74) is 0. The summed E-state index contributed by atoms with van der Waals surface area (Å²) in [5, 5.41) is 0. The minimum atomic E-state index is -3.02. The lowest BCUT2D eigenvalue weighted by molar-refractivity contribution is 0.566. The molecule has 0 atom stereocenters. The third kappa shape index (κ3) is 3.31. The van der Waals surface area contributed by atoms with Crippen LogP contribution >= 0.6 is 15.9 Å². The fourth-order valence-electron chi connectivity index (χ4n) is 1.25. The maximum absolute atomic E-state index is 11.5. The molecule has 0 saturated heterocycles. The largest absolute Gasteiger partial charge is 0.330 e. The van der Waals surface area contributed by atoms with Crippen molar-refractivity contribution in [1.82, 2.24) is 9.55 Å². The SMILES string of the molecule is CCS(=O)(=O)Cc1nc(Br)cn1C(C)C. The second kappa shape index (κ2) is 4.65. The van der Waals surface area contributed by atoms with E-state index < -0.39 is 9.84 Å². The maximum atomic E-state index is 11.5. The van der Waals surface area contributed by atoms with Gasteiger partial charge in [-0.25, -0.2) is 13.4 Å². The lowest BCUT2D eigenvalue weighted by atomic mass is 10.4. The molecular formula is C9H15BrN2O2S. The van der Waals surface area contributed by atoms with Crippen LogP contribution < -0.4 is 0 Å². The average Bonchev–Trinajstić information content (AvgIpc) is 2.46. The van der Waals surface area contributed by atoms with E-state index in [4.69, 9.17) is 0 Å². The molecule has 0 saturated carbocycles. The summed E-state index contributed by atoms with van der Waals surface area (Å²) in [4.78, 5) is 4.17. The Morgan fingerprint density at radius 2 is 2.13 bits per heavy atom. The second-order valence-electron chi connectivity index (χ2n) is 3.66. The van der Waals surface area contributed by atoms with Gasteiger partial charge in [0.25, 0.3) is 0 Å². The first-order valence-electron chi connectivity index (χ1n) is 4.79. The van der Waals surface area contributed by atoms with E-state index >= 15 is 0 Å². The summed E-state index contributed by atoms with van der Waals surface area (Å²) >= 11 is 3.25. The second-order valence-corrected chi connectivity index (χ2v) is 6.82. The minimum absolute atomic E-state index is 0.00722. The van der Waals surface area contributed by atoms with Gasteiger partial charge in [-0.1, -0.05) is 6.92 Å². The van der Waals surface area contributed by atoms with Crippen molar-refractivity contribution in [2.75, 3.05) is 5.75 Å². The molecule has 1 aromatic heterocycles. The Hall–Kier alpha value is -0.360. The Morgan fingerprint density at radius 1 is 1.53 bits per heavy atom. The fraction of sp³-hybridized carbons (Fsp3) is 0.667. The summed E-state index contributed by atoms with van der Waals surface area (Å²) in [6.07, 6.45) is 1.81. The van der Waals surface area contributed by atoms with Crippen LogP contribution in [-0.4, -0.2) is 23.7 Å². The summed E-state index contributed by atoms with van der Waals surface area (Å²) in [5.74, 6) is 0.752. The van der Waals surface area contributed by atoms with Gasteiger partial charge in [-0.2, -0.15) is 0 Å². The van der Waals surface area contributed by atoms with Gasteiger partial charge in [0, 0.05) is 18.0 Å². The maximum Gasteiger partial charge on any atom is 0.157 e. The van der Waals surface area contributed by atoms with Crippen molar-refractivity contribution in [1.29, 1.82) is 0 Å². The molecule has 0 aliphatic rings. The molecule has 1 rings (SSSR count). The van der Waals surface area contributed by atoms with Crippen LogP contribution in [0, 0.1) is 0 Å². The Morgan fingerprint density at radius 3 is 2.60 bits per heavy atom. The topological polar surface area (TPSA) is 52.0 Å². The predicted octanol–water partition coefficient (Wildman–Crippen LogP) is 2.16. The van der Waals surface area contributed by atoms with E-state index in [1.807, 2.05) is 24.6 Å². The Labute approximate surface area is 98.8 Å². The van der Waals surface area contributed by atoms with Crippen LogP contribution in [0.15, 0.2) is 10.8 Å². The zero-order valence-corrected chi connectivity index (χ0v) is 11.5. The average molecular weight is 295 g/mol. The quantitative estimate of drug-likeness (QED) is 0.855. The zero-order chi connectivity index (χ0) is 11.6. The van der Waals surface area contributed by atoms with Gasteiger partial charge in [-0.15, -0.1) is 0 Å². The van der Waals surface area contributed by atoms with Crippen molar-refractivity contribution in [3.8, 4) is 0 Å². The number of hydrogen-bond donors (Lipinski definition) is 0. The summed E-state index contributed by atoms with van der Waals surface area (Å²) < 4.78 is 25.5. The van der Waals surface area contributed by atoms with Gasteiger partial charge in [0.05, 0.1) is 0 Å². The first-order valence-corrected chi connectivity index (χ1v) is 7.41. The van der Waals surface area contributed by atoms with Gasteiger partial charge >= 0.3 is 0 Å². The first-order chi connectivity index (χ1) is 6.85. The number of nitrogens with zero attached hydrogens (tertiary/aromatic N) is 2. The molecule has 0 bridgehead atoms. The summed E-state index contributed by atoms with van der Waals surface area (Å²) in [6.45, 7) is 5.64. The molecule has 15 heavy (non-hydrogen) atoms. The van der Waals surface area contributed by atoms with Crippen LogP contribution in [0.1, 0.15) is 32.6 Å². The highest BCUT2D eigenvalue weighted by Gasteiger charge is 2.16. The predicted molar refractivity (Wildman–Crippen MR) is 63.5 cm³/mol. The molecule has 0 aliphatic carbocycles. The zero-order valence-electron chi connectivity index (χ0n) is 9.07. The van der Waals surface area contributed by atoms with Crippen molar-refractivity contribution in [3.05, 3.63) is 16.6 Å². The third-order valence-corrected chi connectivity index (χ3v) is 4.08. The highest BCUT2D eigenvalue weighted by Crippen LogP contribution is 2.17. The van der Waals surface area contributed by atoms with Gasteiger partial charge < -0.3 is 4.57 Å². The number of halogens is 1. The molecule has 0 spiro atoms. The highest BCUT2D eigenvalue weighted by atomic mass is 79.9. The lowest BCUT2D eigenvalue weighted by Crippen LogP contribution is -2.13. The van der Waals surface area contributed by atoms with Gasteiger partial charge in [-0.05, 0) is 29.8 Å². The van der Waals surface area contributed by atoms with Gasteiger partial charge in [0.15, 0.2) is 9.84 Å². The normalized spacial score (nSPS) is 12.3. The van der Waals surface area contributed by atoms with Crippen LogP contribution in [0.3, 0.4) is 0 Å². The van der Waals surface area contributed by atoms with E-state index in [1.54, 1.807) is 6.92 Å². The Bertz CT molecular complexity index is 437. The van der Waals surface area contributed by atoms with E-state index in [0.717, 1.165) is 0 Å². The van der Waals surface area contributed by atoms with Crippen molar-refractivity contribution >= 4 is 25.8 Å². The van der Waals surface area contributed by atoms with Crippen molar-refractivity contribution in [2.45, 2.75) is 32.6 Å². The van der Waals surface area contributed by atoms with E-state index in [0.29, 0.717) is 10.4 Å². The molecule has 0 aromatic carbocycles. The molecule has 6 heteroatoms. The Balaban J connectivity index is 3.04. The number of aromatic nitrogens is 2. The van der Waals surface area contributed by atoms with Gasteiger partial charge in [-0.3, -0.25) is 0 Å². The smallest absolute Gasteiger partial charge is 0.157 e. The molecule has 1 aromatic rings. The third-order valence-electron chi connectivity index (χ3n) is 2.12. The van der Waals surface area contributed by atoms with Gasteiger partial charge in [0.1, 0.15) is 16.2 Å². The number of rotatable bonds is 4. The van der Waals surface area contributed by atoms with Crippen LogP contribution in [0.5, 0.6) is 0 Å². The van der Waals surface area contributed by atoms with Crippen LogP contribution in [-0.2, 0) is 15.6 Å². The molecule has 86 valence electrons. The molecule has 0 fully saturated rings. The van der Waals surface area contributed by atoms with Crippen molar-refractivity contribution in [3.63, 3.8) is 0 Å². The molecule has 4 nitrogen and oxygen atoms in total. The highest BCUT2D eigenvalue weighted by molar-refractivity contribution is 9.10. The summed E-state index contributed by atoms with van der Waals surface area (Å²) in [7, 11) is -3.02. The molecule has 0 radical (unpaired) electrons. The van der Waals surface area contributed by atoms with Crippen molar-refractivity contribution < 1.29 is 8.42 Å². The Kier molecular flexibility index (Phi) is 3.94. The number of imidazole rings is 1. The van der Waals surface area contributed by atoms with E-state index in [2.05, 4.69) is 20.9 Å². The standard InChI is InChI=1S/C9H15BrN2O2S/c1-4-15(13,14)6-9-11-8(10)5-12(9)7(2)3/h5,7H,4,6H2,1-3H3. The molecule has 0 unspecified atom stereocenters. The van der Waals surface area contributed by atoms with E-state index in [1.165, 1.54) is 0 Å². The van der Waals surface area contributed by atoms with Crippen LogP contribution in [0.2, 0.25) is 0 Å². The van der Waals surface area contributed by atoms with Crippen molar-refractivity contribution in [2.24, 2.45) is 0 Å². The molecule has 0 amide bonds. The molecule has 0 aliphatic heterocycles. The van der Waals surface area contributed by atoms with Gasteiger partial charge in [0.2, 0.25) is 0 Å². The monoisotopic (exact) mass is 294 g/mol. The number of sulfone groups is 1. The lowest BCUT2D eigenvalue weighted by Gasteiger charge is -2.10. The fourth-order valence-corrected chi connectivity index (χ4v) is 2.49. The number of hydrogen-bond acceptors (Lipinski definition) is 3. The van der Waals surface area contributed by atoms with E-state index in [-0.39, 0.29) is 17.5 Å².